The predicted octanol–water partition coefficient (Wildman–Crippen LogP) is 4.02. The van der Waals surface area contributed by atoms with Crippen LogP contribution in [0, 0.1) is 17.0 Å². The molecule has 1 aromatic carbocycles. The Morgan fingerprint density at radius 2 is 1.83 bits per heavy atom. The quantitative estimate of drug-likeness (QED) is 0.857. The SMILES string of the molecule is CC1(C)CCC(NCc2ccc(F)c(F)c2)CC1. The number of hydrogen-bond acceptors (Lipinski definition) is 1. The highest BCUT2D eigenvalue weighted by atomic mass is 19.2. The van der Waals surface area contributed by atoms with Crippen molar-refractivity contribution in [3.63, 3.8) is 0 Å². The smallest absolute Gasteiger partial charge is 0.159 e. The van der Waals surface area contributed by atoms with Gasteiger partial charge in [-0.1, -0.05) is 19.9 Å². The van der Waals surface area contributed by atoms with E-state index in [9.17, 15) is 8.78 Å². The van der Waals surface area contributed by atoms with Crippen molar-refractivity contribution in [2.75, 3.05) is 0 Å². The van der Waals surface area contributed by atoms with Crippen LogP contribution in [-0.4, -0.2) is 6.04 Å². The average molecular weight is 253 g/mol. The van der Waals surface area contributed by atoms with Crippen molar-refractivity contribution in [1.29, 1.82) is 0 Å². The highest BCUT2D eigenvalue weighted by Crippen LogP contribution is 2.35. The van der Waals surface area contributed by atoms with Crippen molar-refractivity contribution in [2.45, 2.75) is 52.1 Å². The fraction of sp³-hybridized carbons (Fsp3) is 0.600. The molecule has 0 aliphatic heterocycles. The molecule has 1 N–H and O–H groups in total. The van der Waals surface area contributed by atoms with E-state index in [-0.39, 0.29) is 0 Å². The minimum Gasteiger partial charge on any atom is -0.310 e. The molecule has 0 bridgehead atoms. The number of nitrogens with one attached hydrogen (secondary N) is 1. The maximum absolute atomic E-state index is 13.0. The topological polar surface area (TPSA) is 12.0 Å². The van der Waals surface area contributed by atoms with Crippen molar-refractivity contribution >= 4 is 0 Å². The van der Waals surface area contributed by atoms with Gasteiger partial charge in [-0.2, -0.15) is 0 Å². The predicted molar refractivity (Wildman–Crippen MR) is 69.2 cm³/mol. The molecule has 0 unspecified atom stereocenters. The van der Waals surface area contributed by atoms with E-state index in [1.54, 1.807) is 6.07 Å². The van der Waals surface area contributed by atoms with Crippen LogP contribution in [-0.2, 0) is 6.54 Å². The number of hydrogen-bond donors (Lipinski definition) is 1. The highest BCUT2D eigenvalue weighted by molar-refractivity contribution is 5.17. The van der Waals surface area contributed by atoms with Gasteiger partial charge in [-0.15, -0.1) is 0 Å². The molecule has 1 fully saturated rings. The van der Waals surface area contributed by atoms with Gasteiger partial charge in [-0.25, -0.2) is 8.78 Å². The molecule has 0 radical (unpaired) electrons. The molecule has 100 valence electrons. The lowest BCUT2D eigenvalue weighted by Gasteiger charge is -2.34. The second kappa shape index (κ2) is 5.35. The first-order valence-corrected chi connectivity index (χ1v) is 6.64. The van der Waals surface area contributed by atoms with Crippen LogP contribution < -0.4 is 5.32 Å². The first kappa shape index (κ1) is 13.5. The van der Waals surface area contributed by atoms with Crippen LogP contribution in [0.2, 0.25) is 0 Å². The first-order chi connectivity index (χ1) is 8.46. The molecule has 0 aromatic heterocycles. The molecular formula is C15H21F2N. The molecule has 1 aliphatic carbocycles. The summed E-state index contributed by atoms with van der Waals surface area (Å²) < 4.78 is 25.8. The van der Waals surface area contributed by atoms with Gasteiger partial charge in [0.15, 0.2) is 11.6 Å². The molecule has 2 rings (SSSR count). The minimum absolute atomic E-state index is 0.458. The molecule has 0 saturated heterocycles. The Morgan fingerprint density at radius 1 is 1.17 bits per heavy atom. The van der Waals surface area contributed by atoms with E-state index in [1.807, 2.05) is 0 Å². The summed E-state index contributed by atoms with van der Waals surface area (Å²) in [6.45, 7) is 5.22. The van der Waals surface area contributed by atoms with Gasteiger partial charge in [-0.3, -0.25) is 0 Å². The van der Waals surface area contributed by atoms with Gasteiger partial charge in [0.2, 0.25) is 0 Å². The van der Waals surface area contributed by atoms with E-state index in [0.717, 1.165) is 18.4 Å². The Labute approximate surface area is 108 Å². The Hall–Kier alpha value is -0.960. The van der Waals surface area contributed by atoms with Crippen molar-refractivity contribution in [3.8, 4) is 0 Å². The zero-order valence-corrected chi connectivity index (χ0v) is 11.1. The Bertz CT molecular complexity index is 405. The Kier molecular flexibility index (Phi) is 4.00. The van der Waals surface area contributed by atoms with Gasteiger partial charge >= 0.3 is 0 Å². The Morgan fingerprint density at radius 3 is 2.44 bits per heavy atom. The molecule has 0 atom stereocenters. The summed E-state index contributed by atoms with van der Waals surface area (Å²) in [5, 5.41) is 3.43. The maximum atomic E-state index is 13.0. The fourth-order valence-electron chi connectivity index (χ4n) is 2.52. The van der Waals surface area contributed by atoms with E-state index < -0.39 is 11.6 Å². The van der Waals surface area contributed by atoms with E-state index in [4.69, 9.17) is 0 Å². The number of rotatable bonds is 3. The van der Waals surface area contributed by atoms with E-state index in [0.29, 0.717) is 18.0 Å². The van der Waals surface area contributed by atoms with Gasteiger partial charge in [-0.05, 0) is 48.8 Å². The van der Waals surface area contributed by atoms with Crippen LogP contribution in [0.3, 0.4) is 0 Å². The standard InChI is InChI=1S/C15H21F2N/c1-15(2)7-5-12(6-8-15)18-10-11-3-4-13(16)14(17)9-11/h3-4,9,12,18H,5-8,10H2,1-2H3. The normalized spacial score (nSPS) is 20.0. The third kappa shape index (κ3) is 3.52. The second-order valence-corrected chi connectivity index (χ2v) is 6.07. The summed E-state index contributed by atoms with van der Waals surface area (Å²) in [7, 11) is 0. The molecule has 1 aromatic rings. The van der Waals surface area contributed by atoms with Gasteiger partial charge in [0, 0.05) is 12.6 Å². The minimum atomic E-state index is -0.779. The lowest BCUT2D eigenvalue weighted by atomic mass is 9.75. The van der Waals surface area contributed by atoms with Crippen molar-refractivity contribution in [2.24, 2.45) is 5.41 Å². The van der Waals surface area contributed by atoms with Crippen molar-refractivity contribution in [1.82, 2.24) is 5.32 Å². The summed E-state index contributed by atoms with van der Waals surface area (Å²) in [6.07, 6.45) is 4.78. The molecule has 3 heteroatoms. The molecule has 1 nitrogen and oxygen atoms in total. The lowest BCUT2D eigenvalue weighted by Crippen LogP contribution is -2.35. The Balaban J connectivity index is 1.83. The van der Waals surface area contributed by atoms with Gasteiger partial charge in [0.1, 0.15) is 0 Å². The van der Waals surface area contributed by atoms with Crippen molar-refractivity contribution < 1.29 is 8.78 Å². The van der Waals surface area contributed by atoms with Crippen LogP contribution in [0.25, 0.3) is 0 Å². The van der Waals surface area contributed by atoms with Crippen LogP contribution >= 0.6 is 0 Å². The fourth-order valence-corrected chi connectivity index (χ4v) is 2.52. The molecular weight excluding hydrogens is 232 g/mol. The molecule has 18 heavy (non-hydrogen) atoms. The number of benzene rings is 1. The van der Waals surface area contributed by atoms with Crippen LogP contribution in [0.5, 0.6) is 0 Å². The lowest BCUT2D eigenvalue weighted by molar-refractivity contribution is 0.206. The summed E-state index contributed by atoms with van der Waals surface area (Å²) in [5.74, 6) is -1.54. The van der Waals surface area contributed by atoms with E-state index in [1.165, 1.54) is 25.0 Å². The summed E-state index contributed by atoms with van der Waals surface area (Å²) in [6, 6.07) is 4.61. The largest absolute Gasteiger partial charge is 0.310 e. The monoisotopic (exact) mass is 253 g/mol. The maximum Gasteiger partial charge on any atom is 0.159 e. The van der Waals surface area contributed by atoms with Gasteiger partial charge < -0.3 is 5.32 Å². The summed E-state index contributed by atoms with van der Waals surface area (Å²) in [5.41, 5.74) is 1.26. The van der Waals surface area contributed by atoms with Crippen molar-refractivity contribution in [3.05, 3.63) is 35.4 Å². The molecule has 1 saturated carbocycles. The highest BCUT2D eigenvalue weighted by Gasteiger charge is 2.26. The third-order valence-corrected chi connectivity index (χ3v) is 3.92. The summed E-state index contributed by atoms with van der Waals surface area (Å²) >= 11 is 0. The third-order valence-electron chi connectivity index (χ3n) is 3.92. The van der Waals surface area contributed by atoms with Crippen LogP contribution in [0.4, 0.5) is 8.78 Å². The van der Waals surface area contributed by atoms with Crippen LogP contribution in [0.1, 0.15) is 45.1 Å². The van der Waals surface area contributed by atoms with Crippen LogP contribution in [0.15, 0.2) is 18.2 Å². The second-order valence-electron chi connectivity index (χ2n) is 6.07. The zero-order chi connectivity index (χ0) is 13.2. The first-order valence-electron chi connectivity index (χ1n) is 6.64. The van der Waals surface area contributed by atoms with E-state index in [2.05, 4.69) is 19.2 Å². The van der Waals surface area contributed by atoms with Gasteiger partial charge in [0.05, 0.1) is 0 Å². The molecule has 0 heterocycles. The van der Waals surface area contributed by atoms with E-state index >= 15 is 0 Å². The van der Waals surface area contributed by atoms with Gasteiger partial charge in [0.25, 0.3) is 0 Å². The molecule has 1 aliphatic rings. The molecule has 0 spiro atoms. The average Bonchev–Trinajstić information content (AvgIpc) is 2.32. The zero-order valence-electron chi connectivity index (χ0n) is 11.1. The molecule has 0 amide bonds. The summed E-state index contributed by atoms with van der Waals surface area (Å²) in [4.78, 5) is 0. The number of halogens is 2.